The molecule has 0 saturated carbocycles. The van der Waals surface area contributed by atoms with E-state index in [-0.39, 0.29) is 0 Å². The van der Waals surface area contributed by atoms with Gasteiger partial charge in [0.15, 0.2) is 11.6 Å². The zero-order valence-electron chi connectivity index (χ0n) is 64.1. The van der Waals surface area contributed by atoms with Crippen molar-refractivity contribution in [3.05, 3.63) is 480 Å². The quantitative estimate of drug-likeness (QED) is 0.121. The Balaban J connectivity index is 0.000000147. The van der Waals surface area contributed by atoms with Gasteiger partial charge in [-0.15, -0.1) is 0 Å². The third-order valence-electron chi connectivity index (χ3n) is 24.0. The van der Waals surface area contributed by atoms with Crippen molar-refractivity contribution in [2.24, 2.45) is 0 Å². The van der Waals surface area contributed by atoms with Crippen LogP contribution in [0.1, 0.15) is 55.6 Å². The molecule has 0 fully saturated rings. The molecule has 2 aromatic heterocycles. The lowest BCUT2D eigenvalue weighted by atomic mass is 9.67. The molecule has 0 radical (unpaired) electrons. The Morgan fingerprint density at radius 2 is 0.508 bits per heavy atom. The van der Waals surface area contributed by atoms with Gasteiger partial charge < -0.3 is 0 Å². The number of nitriles is 2. The number of fused-ring (bicyclic) bond motifs is 10. The number of aromatic nitrogens is 4. The van der Waals surface area contributed by atoms with E-state index in [9.17, 15) is 10.5 Å². The summed E-state index contributed by atoms with van der Waals surface area (Å²) in [6, 6.07) is 155. The van der Waals surface area contributed by atoms with E-state index in [0.717, 1.165) is 177 Å². The van der Waals surface area contributed by atoms with Crippen molar-refractivity contribution in [1.29, 1.82) is 10.5 Å². The molecule has 6 nitrogen and oxygen atoms in total. The summed E-state index contributed by atoms with van der Waals surface area (Å²) in [5.74, 6) is 1.35. The zero-order chi connectivity index (χ0) is 78.7. The third kappa shape index (κ3) is 11.7. The van der Waals surface area contributed by atoms with E-state index < -0.39 is 10.8 Å². The minimum atomic E-state index is -0.624. The van der Waals surface area contributed by atoms with Gasteiger partial charge in [0.2, 0.25) is 0 Å². The summed E-state index contributed by atoms with van der Waals surface area (Å²) in [5, 5.41) is 30.6. The Morgan fingerprint density at radius 1 is 0.195 bits per heavy atom. The highest BCUT2D eigenvalue weighted by atomic mass is 14.9. The van der Waals surface area contributed by atoms with Gasteiger partial charge in [0.25, 0.3) is 0 Å². The van der Waals surface area contributed by atoms with Crippen LogP contribution in [0.5, 0.6) is 0 Å². The minimum Gasteiger partial charge on any atom is -0.228 e. The molecule has 2 aliphatic rings. The second-order valence-corrected chi connectivity index (χ2v) is 30.4. The largest absolute Gasteiger partial charge is 0.228 e. The predicted octanol–water partition coefficient (Wildman–Crippen LogP) is 27.4. The molecule has 2 aliphatic carbocycles. The second-order valence-electron chi connectivity index (χ2n) is 30.4. The molecule has 0 aliphatic heterocycles. The molecule has 118 heavy (non-hydrogen) atoms. The van der Waals surface area contributed by atoms with Crippen molar-refractivity contribution in [1.82, 2.24) is 19.9 Å². The fourth-order valence-corrected chi connectivity index (χ4v) is 18.8. The molecule has 20 aromatic rings. The highest BCUT2D eigenvalue weighted by molar-refractivity contribution is 6.03. The van der Waals surface area contributed by atoms with Crippen molar-refractivity contribution in [2.75, 3.05) is 0 Å². The lowest BCUT2D eigenvalue weighted by Crippen LogP contribution is -2.28. The van der Waals surface area contributed by atoms with Gasteiger partial charge in [-0.2, -0.15) is 10.5 Å². The molecule has 0 unspecified atom stereocenters. The number of rotatable bonds is 12. The van der Waals surface area contributed by atoms with E-state index in [4.69, 9.17) is 19.9 Å². The Bertz CT molecular complexity index is 7180. The molecule has 0 amide bonds. The lowest BCUT2D eigenvalue weighted by molar-refractivity contribution is 0.768. The molecule has 0 saturated heterocycles. The van der Waals surface area contributed by atoms with Crippen LogP contribution in [0.2, 0.25) is 0 Å². The molecule has 18 aromatic carbocycles. The second kappa shape index (κ2) is 29.3. The van der Waals surface area contributed by atoms with E-state index in [1.165, 1.54) is 10.8 Å². The van der Waals surface area contributed by atoms with Crippen LogP contribution in [0, 0.1) is 22.7 Å². The number of benzene rings is 18. The maximum Gasteiger partial charge on any atom is 0.161 e. The van der Waals surface area contributed by atoms with Gasteiger partial charge in [-0.25, -0.2) is 19.9 Å². The van der Waals surface area contributed by atoms with Gasteiger partial charge >= 0.3 is 0 Å². The van der Waals surface area contributed by atoms with E-state index in [1.54, 1.807) is 0 Å². The standard InChI is InChI=1S/2C56H35N3/c57-36-41-22-14-32-49-53(41)54-46(29-15-33-50(54)56(49,42-23-3-1-4-24-42)43-25-5-2-6-26-43)39-20-11-21-40(34-39)51-35-52(47-30-12-18-37-16-7-9-27-44(37)47)59-55(58-51)48-31-13-19-38-17-8-10-28-45(38)48;57-36-45-20-12-26-49-53(45)54-48(25-13-27-50(54)56(49,46-21-3-1-4-22-46)47-23-5-2-6-24-47)41-18-11-19-42(34-41)51-35-52(43-30-28-37-14-7-9-16-39(37)32-43)59-55(58-51)44-31-29-38-15-8-10-17-40(38)33-44/h2*1-35H. The van der Waals surface area contributed by atoms with Gasteiger partial charge in [0.1, 0.15) is 0 Å². The minimum absolute atomic E-state index is 0.621. The predicted molar refractivity (Wildman–Crippen MR) is 482 cm³/mol. The van der Waals surface area contributed by atoms with Crippen LogP contribution in [0.4, 0.5) is 0 Å². The Kier molecular flexibility index (Phi) is 17.4. The molecular weight excluding hydrogens is 1430 g/mol. The average molecular weight is 1500 g/mol. The number of nitrogens with zero attached hydrogens (tertiary/aromatic N) is 6. The van der Waals surface area contributed by atoms with Crippen molar-refractivity contribution in [2.45, 2.75) is 10.8 Å². The van der Waals surface area contributed by atoms with Crippen LogP contribution in [0.3, 0.4) is 0 Å². The van der Waals surface area contributed by atoms with Gasteiger partial charge in [-0.05, 0) is 170 Å². The highest BCUT2D eigenvalue weighted by Crippen LogP contribution is 2.61. The Morgan fingerprint density at radius 3 is 0.975 bits per heavy atom. The summed E-state index contributed by atoms with van der Waals surface area (Å²) < 4.78 is 0. The van der Waals surface area contributed by atoms with Crippen molar-refractivity contribution < 1.29 is 0 Å². The average Bonchev–Trinajstić information content (AvgIpc) is 1.53. The molecule has 22 rings (SSSR count). The van der Waals surface area contributed by atoms with E-state index >= 15 is 0 Å². The monoisotopic (exact) mass is 1500 g/mol. The molecule has 0 N–H and O–H groups in total. The van der Waals surface area contributed by atoms with Crippen molar-refractivity contribution in [3.63, 3.8) is 0 Å². The molecule has 2 heterocycles. The molecule has 548 valence electrons. The first-order valence-electron chi connectivity index (χ1n) is 39.9. The normalized spacial score (nSPS) is 12.5. The van der Waals surface area contributed by atoms with E-state index in [0.29, 0.717) is 22.8 Å². The van der Waals surface area contributed by atoms with Crippen LogP contribution in [-0.4, -0.2) is 19.9 Å². The maximum absolute atomic E-state index is 10.7. The van der Waals surface area contributed by atoms with Crippen molar-refractivity contribution in [3.8, 4) is 124 Å². The summed E-state index contributed by atoms with van der Waals surface area (Å²) >= 11 is 0. The van der Waals surface area contributed by atoms with Gasteiger partial charge in [-0.3, -0.25) is 0 Å². The van der Waals surface area contributed by atoms with Crippen LogP contribution >= 0.6 is 0 Å². The topological polar surface area (TPSA) is 99.1 Å². The van der Waals surface area contributed by atoms with E-state index in [1.807, 2.05) is 24.3 Å². The first-order chi connectivity index (χ1) is 58.4. The summed E-state index contributed by atoms with van der Waals surface area (Å²) in [6.07, 6.45) is 0. The van der Waals surface area contributed by atoms with Crippen LogP contribution < -0.4 is 0 Å². The fourth-order valence-electron chi connectivity index (χ4n) is 18.8. The summed E-state index contributed by atoms with van der Waals surface area (Å²) in [5.41, 5.74) is 27.1. The van der Waals surface area contributed by atoms with Gasteiger partial charge in [0.05, 0.1) is 56.9 Å². The van der Waals surface area contributed by atoms with Gasteiger partial charge in [-0.1, -0.05) is 376 Å². The Hall–Kier alpha value is -15.9. The molecule has 0 spiro atoms. The van der Waals surface area contributed by atoms with Crippen LogP contribution in [0.25, 0.3) is 155 Å². The first-order valence-corrected chi connectivity index (χ1v) is 39.9. The van der Waals surface area contributed by atoms with Crippen molar-refractivity contribution >= 4 is 43.1 Å². The van der Waals surface area contributed by atoms with Crippen LogP contribution in [0.15, 0.2) is 425 Å². The number of hydrogen-bond acceptors (Lipinski definition) is 6. The summed E-state index contributed by atoms with van der Waals surface area (Å²) in [4.78, 5) is 21.2. The van der Waals surface area contributed by atoms with Crippen LogP contribution in [-0.2, 0) is 10.8 Å². The van der Waals surface area contributed by atoms with E-state index in [2.05, 4.69) is 413 Å². The highest BCUT2D eigenvalue weighted by Gasteiger charge is 2.49. The number of hydrogen-bond donors (Lipinski definition) is 0. The van der Waals surface area contributed by atoms with Gasteiger partial charge in [0, 0.05) is 44.5 Å². The molecule has 0 bridgehead atoms. The third-order valence-corrected chi connectivity index (χ3v) is 24.0. The lowest BCUT2D eigenvalue weighted by Gasteiger charge is -2.34. The zero-order valence-corrected chi connectivity index (χ0v) is 64.1. The SMILES string of the molecule is N#Cc1cccc2c1-c1c(-c3cccc(-c4cc(-c5ccc6ccccc6c5)nc(-c5ccc6ccccc6c5)n4)c3)cccc1C2(c1ccccc1)c1ccccc1.N#Cc1cccc2c1-c1c(-c3cccc(-c4cc(-c5cccc6ccccc56)nc(-c5cccc6ccccc56)n4)c3)cccc1C2(c1ccccc1)c1ccccc1. The fraction of sp³-hybridized carbons (Fsp3) is 0.0179. The smallest absolute Gasteiger partial charge is 0.161 e. The molecule has 0 atom stereocenters. The Labute approximate surface area is 684 Å². The summed E-state index contributed by atoms with van der Waals surface area (Å²) in [7, 11) is 0. The maximum atomic E-state index is 10.7. The first kappa shape index (κ1) is 70.0. The summed E-state index contributed by atoms with van der Waals surface area (Å²) in [6.45, 7) is 0. The molecular formula is C112H70N6. The molecule has 6 heteroatoms.